The minimum absolute atomic E-state index is 0.238. The molecule has 0 unspecified atom stereocenters. The van der Waals surface area contributed by atoms with Crippen LogP contribution in [0.5, 0.6) is 5.75 Å². The van der Waals surface area contributed by atoms with Crippen LogP contribution in [-0.4, -0.2) is 23.9 Å². The number of ether oxygens (including phenoxy) is 2. The molecule has 0 aliphatic rings. The molecule has 2 rings (SSSR count). The number of hydrogen-bond donors (Lipinski definition) is 0. The van der Waals surface area contributed by atoms with Crippen LogP contribution >= 0.6 is 0 Å². The zero-order valence-electron chi connectivity index (χ0n) is 11.2. The Morgan fingerprint density at radius 2 is 2.05 bits per heavy atom. The van der Waals surface area contributed by atoms with Crippen molar-refractivity contribution in [2.75, 3.05) is 13.2 Å². The van der Waals surface area contributed by atoms with Crippen molar-refractivity contribution in [1.29, 1.82) is 0 Å². The molecule has 0 N–H and O–H groups in total. The van der Waals surface area contributed by atoms with Gasteiger partial charge < -0.3 is 9.47 Å². The van der Waals surface area contributed by atoms with Gasteiger partial charge in [0.25, 0.3) is 0 Å². The summed E-state index contributed by atoms with van der Waals surface area (Å²) in [6.07, 6.45) is -0.571. The molecule has 0 aliphatic carbocycles. The lowest BCUT2D eigenvalue weighted by Crippen LogP contribution is -2.14. The highest BCUT2D eigenvalue weighted by Crippen LogP contribution is 2.28. The van der Waals surface area contributed by atoms with Crippen LogP contribution in [0.15, 0.2) is 18.2 Å². The van der Waals surface area contributed by atoms with Gasteiger partial charge in [-0.1, -0.05) is 0 Å². The molecule has 102 valence electrons. The lowest BCUT2D eigenvalue weighted by Gasteiger charge is -2.06. The number of benzene rings is 1. The van der Waals surface area contributed by atoms with E-state index in [9.17, 15) is 9.18 Å². The zero-order chi connectivity index (χ0) is 14.0. The Bertz CT molecular complexity index is 619. The number of halogens is 1. The van der Waals surface area contributed by atoms with Crippen LogP contribution in [0.2, 0.25) is 0 Å². The zero-order valence-corrected chi connectivity index (χ0v) is 11.2. The van der Waals surface area contributed by atoms with Gasteiger partial charge in [0.2, 0.25) is 0 Å². The lowest BCUT2D eigenvalue weighted by molar-refractivity contribution is 0.154. The van der Waals surface area contributed by atoms with Crippen LogP contribution in [-0.2, 0) is 4.74 Å². The molecule has 2 aromatic rings. The molecule has 4 nitrogen and oxygen atoms in total. The van der Waals surface area contributed by atoms with Gasteiger partial charge in [0.1, 0.15) is 5.75 Å². The van der Waals surface area contributed by atoms with Gasteiger partial charge in [-0.15, -0.1) is 0 Å². The van der Waals surface area contributed by atoms with Crippen molar-refractivity contribution in [3.8, 4) is 5.75 Å². The molecule has 0 atom stereocenters. The molecule has 5 heteroatoms. The maximum Gasteiger partial charge on any atom is 0.418 e. The maximum atomic E-state index is 14.2. The fraction of sp³-hybridized carbons (Fsp3) is 0.357. The average Bonchev–Trinajstić information content (AvgIpc) is 2.63. The molecule has 1 aromatic carbocycles. The van der Waals surface area contributed by atoms with E-state index >= 15 is 0 Å². The first-order chi connectivity index (χ1) is 9.10. The molecule has 1 heterocycles. The maximum absolute atomic E-state index is 14.2. The summed E-state index contributed by atoms with van der Waals surface area (Å²) in [5.41, 5.74) is 0.721. The standard InChI is InChI=1S/C14H16FNO3/c1-4-18-10-6-7-12-11(8-10)13(15)9(3)16(12)14(17)19-5-2/h6-8H,4-5H2,1-3H3. The van der Waals surface area contributed by atoms with Crippen LogP contribution in [0.3, 0.4) is 0 Å². The van der Waals surface area contributed by atoms with Crippen molar-refractivity contribution in [2.45, 2.75) is 20.8 Å². The van der Waals surface area contributed by atoms with Gasteiger partial charge in [0.15, 0.2) is 5.82 Å². The average molecular weight is 265 g/mol. The van der Waals surface area contributed by atoms with Crippen LogP contribution in [0.4, 0.5) is 9.18 Å². The summed E-state index contributed by atoms with van der Waals surface area (Å²) < 4.78 is 25.7. The number of carbonyl (C=O) groups excluding carboxylic acids is 1. The summed E-state index contributed by atoms with van der Waals surface area (Å²) in [7, 11) is 0. The Morgan fingerprint density at radius 3 is 2.68 bits per heavy atom. The van der Waals surface area contributed by atoms with E-state index in [0.717, 1.165) is 0 Å². The Morgan fingerprint density at radius 1 is 1.32 bits per heavy atom. The summed E-state index contributed by atoms with van der Waals surface area (Å²) in [5, 5.41) is 0.358. The Balaban J connectivity index is 2.60. The van der Waals surface area contributed by atoms with Crippen molar-refractivity contribution in [1.82, 2.24) is 4.57 Å². The smallest absolute Gasteiger partial charge is 0.418 e. The highest BCUT2D eigenvalue weighted by molar-refractivity contribution is 5.92. The molecule has 0 fully saturated rings. The Labute approximate surface area is 110 Å². The minimum Gasteiger partial charge on any atom is -0.494 e. The van der Waals surface area contributed by atoms with Gasteiger partial charge in [-0.25, -0.2) is 13.8 Å². The van der Waals surface area contributed by atoms with Gasteiger partial charge in [0, 0.05) is 5.39 Å². The van der Waals surface area contributed by atoms with E-state index in [4.69, 9.17) is 9.47 Å². The van der Waals surface area contributed by atoms with Gasteiger partial charge >= 0.3 is 6.09 Å². The van der Waals surface area contributed by atoms with Crippen molar-refractivity contribution in [3.05, 3.63) is 29.7 Å². The largest absolute Gasteiger partial charge is 0.494 e. The number of fused-ring (bicyclic) bond motifs is 1. The number of rotatable bonds is 3. The second kappa shape index (κ2) is 5.30. The van der Waals surface area contributed by atoms with Crippen molar-refractivity contribution >= 4 is 17.0 Å². The summed E-state index contributed by atoms with van der Waals surface area (Å²) in [6.45, 7) is 5.87. The van der Waals surface area contributed by atoms with E-state index in [-0.39, 0.29) is 12.3 Å². The quantitative estimate of drug-likeness (QED) is 0.852. The molecule has 0 aliphatic heterocycles. The van der Waals surface area contributed by atoms with Crippen LogP contribution in [0.1, 0.15) is 19.5 Å². The summed E-state index contributed by atoms with van der Waals surface area (Å²) in [4.78, 5) is 11.8. The predicted octanol–water partition coefficient (Wildman–Crippen LogP) is 3.49. The third kappa shape index (κ3) is 2.28. The van der Waals surface area contributed by atoms with E-state index in [0.29, 0.717) is 23.3 Å². The Kier molecular flexibility index (Phi) is 3.74. The monoisotopic (exact) mass is 265 g/mol. The van der Waals surface area contributed by atoms with Gasteiger partial charge in [-0.3, -0.25) is 0 Å². The minimum atomic E-state index is -0.571. The molecular formula is C14H16FNO3. The van der Waals surface area contributed by atoms with E-state index in [1.807, 2.05) is 6.92 Å². The lowest BCUT2D eigenvalue weighted by atomic mass is 10.2. The van der Waals surface area contributed by atoms with Crippen molar-refractivity contribution in [2.24, 2.45) is 0 Å². The van der Waals surface area contributed by atoms with Crippen LogP contribution in [0.25, 0.3) is 10.9 Å². The molecule has 0 saturated carbocycles. The second-order valence-corrected chi connectivity index (χ2v) is 4.05. The Hall–Kier alpha value is -2.04. The fourth-order valence-corrected chi connectivity index (χ4v) is 2.04. The first-order valence-corrected chi connectivity index (χ1v) is 6.20. The van der Waals surface area contributed by atoms with E-state index in [2.05, 4.69) is 0 Å². The molecule has 0 spiro atoms. The number of aromatic nitrogens is 1. The second-order valence-electron chi connectivity index (χ2n) is 4.05. The SMILES string of the molecule is CCOC(=O)n1c(C)c(F)c2cc(OCC)ccc21. The third-order valence-electron chi connectivity index (χ3n) is 2.86. The van der Waals surface area contributed by atoms with E-state index in [1.54, 1.807) is 32.0 Å². The summed E-state index contributed by atoms with van der Waals surface area (Å²) in [5.74, 6) is 0.152. The number of nitrogens with zero attached hydrogens (tertiary/aromatic N) is 1. The highest BCUT2D eigenvalue weighted by atomic mass is 19.1. The number of hydrogen-bond acceptors (Lipinski definition) is 3. The van der Waals surface area contributed by atoms with Crippen LogP contribution in [0, 0.1) is 12.7 Å². The van der Waals surface area contributed by atoms with E-state index in [1.165, 1.54) is 4.57 Å². The molecule has 0 saturated heterocycles. The van der Waals surface area contributed by atoms with Gasteiger partial charge in [0.05, 0.1) is 24.4 Å². The summed E-state index contributed by atoms with van der Waals surface area (Å²) >= 11 is 0. The van der Waals surface area contributed by atoms with Crippen LogP contribution < -0.4 is 4.74 Å². The summed E-state index contributed by atoms with van der Waals surface area (Å²) in [6, 6.07) is 4.96. The van der Waals surface area contributed by atoms with Gasteiger partial charge in [-0.05, 0) is 39.0 Å². The predicted molar refractivity (Wildman–Crippen MR) is 70.2 cm³/mol. The number of carbonyl (C=O) groups is 1. The van der Waals surface area contributed by atoms with Crippen molar-refractivity contribution < 1.29 is 18.7 Å². The van der Waals surface area contributed by atoms with E-state index < -0.39 is 11.9 Å². The third-order valence-corrected chi connectivity index (χ3v) is 2.86. The molecule has 19 heavy (non-hydrogen) atoms. The van der Waals surface area contributed by atoms with Crippen molar-refractivity contribution in [3.63, 3.8) is 0 Å². The normalized spacial score (nSPS) is 10.7. The molecule has 1 aromatic heterocycles. The topological polar surface area (TPSA) is 40.5 Å². The fourth-order valence-electron chi connectivity index (χ4n) is 2.04. The molecular weight excluding hydrogens is 249 g/mol. The molecule has 0 bridgehead atoms. The first-order valence-electron chi connectivity index (χ1n) is 6.20. The van der Waals surface area contributed by atoms with Gasteiger partial charge in [-0.2, -0.15) is 0 Å². The highest BCUT2D eigenvalue weighted by Gasteiger charge is 2.19. The first kappa shape index (κ1) is 13.4. The molecule has 0 amide bonds. The molecule has 0 radical (unpaired) electrons.